The zero-order valence-corrected chi connectivity index (χ0v) is 17.6. The third kappa shape index (κ3) is 7.11. The highest BCUT2D eigenvalue weighted by Gasteiger charge is 2.28. The maximum Gasteiger partial charge on any atom is 0.203 e. The van der Waals surface area contributed by atoms with Crippen LogP contribution in [0.3, 0.4) is 0 Å². The lowest BCUT2D eigenvalue weighted by Gasteiger charge is -2.25. The van der Waals surface area contributed by atoms with E-state index in [-0.39, 0.29) is 18.7 Å². The Balaban J connectivity index is 1.83. The van der Waals surface area contributed by atoms with E-state index >= 15 is 0 Å². The van der Waals surface area contributed by atoms with E-state index in [0.717, 1.165) is 31.2 Å². The molecule has 0 saturated heterocycles. The largest absolute Gasteiger partial charge is 0.493 e. The molecule has 0 radical (unpaired) electrons. The smallest absolute Gasteiger partial charge is 0.203 e. The predicted octanol–water partition coefficient (Wildman–Crippen LogP) is 3.57. The van der Waals surface area contributed by atoms with Crippen LogP contribution in [0.1, 0.15) is 50.6 Å². The summed E-state index contributed by atoms with van der Waals surface area (Å²) in [5.74, 6) is 1.65. The summed E-state index contributed by atoms with van der Waals surface area (Å²) < 4.78 is 23.1. The van der Waals surface area contributed by atoms with E-state index in [1.807, 2.05) is 25.1 Å². The Labute approximate surface area is 162 Å². The topological polar surface area (TPSA) is 88.0 Å². The summed E-state index contributed by atoms with van der Waals surface area (Å²) in [6.07, 6.45) is 5.06. The summed E-state index contributed by atoms with van der Waals surface area (Å²) in [6.45, 7) is 2.25. The number of methoxy groups -OCH3 is 2. The van der Waals surface area contributed by atoms with Crippen LogP contribution in [0.5, 0.6) is 11.5 Å². The fourth-order valence-corrected chi connectivity index (χ4v) is 5.90. The van der Waals surface area contributed by atoms with Gasteiger partial charge in [0, 0.05) is 18.7 Å². The van der Waals surface area contributed by atoms with Crippen LogP contribution in [0.2, 0.25) is 0 Å². The highest BCUT2D eigenvalue weighted by atomic mass is 31.2. The zero-order valence-electron chi connectivity index (χ0n) is 16.7. The summed E-state index contributed by atoms with van der Waals surface area (Å²) in [6, 6.07) is 5.64. The molecule has 1 aromatic carbocycles. The second-order valence-electron chi connectivity index (χ2n) is 7.61. The number of hydrogen-bond donors (Lipinski definition) is 3. The van der Waals surface area contributed by atoms with Gasteiger partial charge in [-0.15, -0.1) is 0 Å². The van der Waals surface area contributed by atoms with Crippen molar-refractivity contribution in [3.05, 3.63) is 23.8 Å². The highest BCUT2D eigenvalue weighted by Crippen LogP contribution is 2.45. The lowest BCUT2D eigenvalue weighted by atomic mass is 9.91. The second kappa shape index (κ2) is 10.5. The summed E-state index contributed by atoms with van der Waals surface area (Å²) in [5.41, 5.74) is 0.995. The molecule has 7 heteroatoms. The molecule has 0 aliphatic heterocycles. The maximum atomic E-state index is 12.5. The first-order valence-electron chi connectivity index (χ1n) is 9.79. The molecule has 1 aliphatic rings. The molecule has 3 unspecified atom stereocenters. The summed E-state index contributed by atoms with van der Waals surface area (Å²) >= 11 is 0. The molecule has 1 aromatic rings. The molecule has 0 bridgehead atoms. The van der Waals surface area contributed by atoms with Gasteiger partial charge >= 0.3 is 0 Å². The molecule has 0 amide bonds. The van der Waals surface area contributed by atoms with Crippen LogP contribution in [-0.4, -0.2) is 49.2 Å². The van der Waals surface area contributed by atoms with Crippen LogP contribution in [-0.2, 0) is 4.57 Å². The van der Waals surface area contributed by atoms with Crippen LogP contribution < -0.4 is 14.8 Å². The standard InChI is InChI=1S/C20H34NO5P/c1-15(17-9-10-19(25-2)20(11-17)26-3)21-12-18(22)14-27(23,24)13-16-7-5-4-6-8-16/h9-11,15-16,18,21-22H,4-8,12-14H2,1-3H3,(H,23,24). The van der Waals surface area contributed by atoms with Gasteiger partial charge in [0.15, 0.2) is 11.5 Å². The third-order valence-electron chi connectivity index (χ3n) is 5.33. The van der Waals surface area contributed by atoms with Crippen molar-refractivity contribution < 1.29 is 24.0 Å². The molecule has 3 atom stereocenters. The fraction of sp³-hybridized carbons (Fsp3) is 0.700. The van der Waals surface area contributed by atoms with Gasteiger partial charge in [-0.3, -0.25) is 4.57 Å². The Kier molecular flexibility index (Phi) is 8.62. The maximum absolute atomic E-state index is 12.5. The Morgan fingerprint density at radius 1 is 1.19 bits per heavy atom. The fourth-order valence-electron chi connectivity index (χ4n) is 3.79. The molecular weight excluding hydrogens is 365 g/mol. The predicted molar refractivity (Wildman–Crippen MR) is 108 cm³/mol. The van der Waals surface area contributed by atoms with Crippen LogP contribution >= 0.6 is 7.37 Å². The van der Waals surface area contributed by atoms with E-state index in [4.69, 9.17) is 9.47 Å². The van der Waals surface area contributed by atoms with Gasteiger partial charge in [0.1, 0.15) is 0 Å². The Hall–Kier alpha value is -1.07. The van der Waals surface area contributed by atoms with Gasteiger partial charge < -0.3 is 24.8 Å². The van der Waals surface area contributed by atoms with E-state index in [9.17, 15) is 14.6 Å². The number of rotatable bonds is 10. The average molecular weight is 399 g/mol. The van der Waals surface area contributed by atoms with Crippen molar-refractivity contribution in [1.29, 1.82) is 0 Å². The number of aliphatic hydroxyl groups excluding tert-OH is 1. The first kappa shape index (κ1) is 22.2. The van der Waals surface area contributed by atoms with Crippen molar-refractivity contribution in [2.75, 3.05) is 33.1 Å². The van der Waals surface area contributed by atoms with Gasteiger partial charge in [0.25, 0.3) is 0 Å². The Bertz CT molecular complexity index is 633. The molecule has 1 fully saturated rings. The first-order chi connectivity index (χ1) is 12.8. The second-order valence-corrected chi connectivity index (χ2v) is 10.0. The van der Waals surface area contributed by atoms with E-state index in [2.05, 4.69) is 5.32 Å². The van der Waals surface area contributed by atoms with Gasteiger partial charge in [-0.25, -0.2) is 0 Å². The summed E-state index contributed by atoms with van der Waals surface area (Å²) in [5, 5.41) is 13.5. The van der Waals surface area contributed by atoms with Crippen LogP contribution in [0.4, 0.5) is 0 Å². The first-order valence-corrected chi connectivity index (χ1v) is 11.8. The minimum absolute atomic E-state index is 0.0316. The molecule has 6 nitrogen and oxygen atoms in total. The van der Waals surface area contributed by atoms with E-state index in [1.54, 1.807) is 14.2 Å². The van der Waals surface area contributed by atoms with Crippen molar-refractivity contribution in [2.24, 2.45) is 5.92 Å². The molecule has 3 N–H and O–H groups in total. The lowest BCUT2D eigenvalue weighted by molar-refractivity contribution is 0.186. The molecular formula is C20H34NO5P. The molecule has 1 saturated carbocycles. The molecule has 27 heavy (non-hydrogen) atoms. The summed E-state index contributed by atoms with van der Waals surface area (Å²) in [7, 11) is -0.114. The number of aliphatic hydroxyl groups is 1. The van der Waals surface area contributed by atoms with Gasteiger partial charge in [0.2, 0.25) is 7.37 Å². The molecule has 0 aromatic heterocycles. The van der Waals surface area contributed by atoms with Gasteiger partial charge in [0.05, 0.1) is 26.5 Å². The van der Waals surface area contributed by atoms with Crippen molar-refractivity contribution in [3.8, 4) is 11.5 Å². The van der Waals surface area contributed by atoms with Crippen molar-refractivity contribution in [2.45, 2.75) is 51.2 Å². The van der Waals surface area contributed by atoms with Gasteiger partial charge in [-0.2, -0.15) is 0 Å². The number of benzene rings is 1. The van der Waals surface area contributed by atoms with Crippen molar-refractivity contribution in [1.82, 2.24) is 5.32 Å². The van der Waals surface area contributed by atoms with E-state index in [1.165, 1.54) is 6.42 Å². The minimum Gasteiger partial charge on any atom is -0.493 e. The quantitative estimate of drug-likeness (QED) is 0.522. The number of hydrogen-bond acceptors (Lipinski definition) is 5. The van der Waals surface area contributed by atoms with Crippen LogP contribution in [0.25, 0.3) is 0 Å². The van der Waals surface area contributed by atoms with Crippen molar-refractivity contribution in [3.63, 3.8) is 0 Å². The molecule has 0 heterocycles. The van der Waals surface area contributed by atoms with Gasteiger partial charge in [-0.1, -0.05) is 25.3 Å². The zero-order chi connectivity index (χ0) is 19.9. The third-order valence-corrected chi connectivity index (χ3v) is 7.41. The Morgan fingerprint density at radius 3 is 2.48 bits per heavy atom. The summed E-state index contributed by atoms with van der Waals surface area (Å²) in [4.78, 5) is 10.3. The number of nitrogens with one attached hydrogen (secondary N) is 1. The molecule has 1 aliphatic carbocycles. The highest BCUT2D eigenvalue weighted by molar-refractivity contribution is 7.58. The normalized spacial score (nSPS) is 19.9. The van der Waals surface area contributed by atoms with E-state index < -0.39 is 13.5 Å². The molecule has 154 valence electrons. The minimum atomic E-state index is -3.30. The van der Waals surface area contributed by atoms with Gasteiger partial charge in [-0.05, 0) is 43.4 Å². The Morgan fingerprint density at radius 2 is 1.85 bits per heavy atom. The van der Waals surface area contributed by atoms with Crippen LogP contribution in [0, 0.1) is 5.92 Å². The monoisotopic (exact) mass is 399 g/mol. The van der Waals surface area contributed by atoms with Crippen molar-refractivity contribution >= 4 is 7.37 Å². The van der Waals surface area contributed by atoms with E-state index in [0.29, 0.717) is 23.6 Å². The SMILES string of the molecule is COc1ccc(C(C)NCC(O)CP(=O)(O)CC2CCCCC2)cc1OC. The molecule has 0 spiro atoms. The van der Waals surface area contributed by atoms with Crippen LogP contribution in [0.15, 0.2) is 18.2 Å². The number of ether oxygens (including phenoxy) is 2. The average Bonchev–Trinajstić information content (AvgIpc) is 2.65. The molecule has 2 rings (SSSR count). The lowest BCUT2D eigenvalue weighted by Crippen LogP contribution is -2.32.